The Labute approximate surface area is 75.9 Å². The molecule has 1 radical (unpaired) electrons. The van der Waals surface area contributed by atoms with Crippen molar-refractivity contribution in [3.63, 3.8) is 0 Å². The Kier molecular flexibility index (Phi) is 6.37. The maximum absolute atomic E-state index is 10.1. The molecule has 0 fully saturated rings. The largest absolute Gasteiger partial charge is 0.482 e. The molecule has 1 aromatic rings. The van der Waals surface area contributed by atoms with Crippen molar-refractivity contribution in [2.45, 2.75) is 0 Å². The van der Waals surface area contributed by atoms with Crippen LogP contribution in [0.3, 0.4) is 0 Å². The first-order chi connectivity index (χ1) is 5.74. The Morgan fingerprint density at radius 2 is 2.00 bits per heavy atom. The van der Waals surface area contributed by atoms with E-state index in [0.29, 0.717) is 10.6 Å². The normalized spacial score (nSPS) is 7.92. The topological polar surface area (TPSA) is 57.5 Å². The second-order valence-electron chi connectivity index (χ2n) is 1.79. The molecule has 0 aromatic heterocycles. The minimum atomic E-state index is 0. The maximum atomic E-state index is 10.1. The summed E-state index contributed by atoms with van der Waals surface area (Å²) in [7, 11) is 0. The van der Waals surface area contributed by atoms with E-state index in [1.807, 2.05) is 0 Å². The Balaban J connectivity index is 0.000000354. The van der Waals surface area contributed by atoms with Crippen molar-refractivity contribution in [1.82, 2.24) is 0 Å². The minimum absolute atomic E-state index is 0. The first-order valence-corrected chi connectivity index (χ1v) is 3.43. The number of aldehydes is 1. The van der Waals surface area contributed by atoms with Crippen molar-refractivity contribution in [3.8, 4) is 0 Å². The first kappa shape index (κ1) is 11.2. The summed E-state index contributed by atoms with van der Waals surface area (Å²) in [6.07, 6.45) is 0.770. The van der Waals surface area contributed by atoms with Crippen molar-refractivity contribution < 1.29 is 14.8 Å². The lowest BCUT2D eigenvalue weighted by Gasteiger charge is -1.88. The highest BCUT2D eigenvalue weighted by Gasteiger charge is 1.87. The molecule has 0 heterocycles. The lowest BCUT2D eigenvalue weighted by molar-refractivity contribution is 0.112. The lowest BCUT2D eigenvalue weighted by Crippen LogP contribution is -1.75. The van der Waals surface area contributed by atoms with Gasteiger partial charge in [-0.05, 0) is 12.1 Å². The number of halogens is 1. The van der Waals surface area contributed by atoms with Crippen molar-refractivity contribution in [2.75, 3.05) is 0 Å². The van der Waals surface area contributed by atoms with Crippen LogP contribution in [-0.2, 0) is 0 Å². The van der Waals surface area contributed by atoms with E-state index in [2.05, 4.69) is 0 Å². The molecule has 0 saturated heterocycles. The van der Waals surface area contributed by atoms with Gasteiger partial charge in [0.15, 0.2) is 0 Å². The van der Waals surface area contributed by atoms with Crippen LogP contribution in [0.2, 0.25) is 5.02 Å². The molecule has 0 saturated carbocycles. The second kappa shape index (κ2) is 6.85. The van der Waals surface area contributed by atoms with Crippen LogP contribution in [-0.4, -0.2) is 24.0 Å². The van der Waals surface area contributed by atoms with Crippen LogP contribution in [0.4, 0.5) is 0 Å². The van der Waals surface area contributed by atoms with E-state index in [1.165, 1.54) is 0 Å². The number of hydrogen-bond acceptors (Lipinski definition) is 3. The zero-order valence-corrected chi connectivity index (χ0v) is 6.90. The smallest absolute Gasteiger partial charge is 0.429 e. The lowest BCUT2D eigenvalue weighted by atomic mass is 10.2. The predicted octanol–water partition coefficient (Wildman–Crippen LogP) is 0.658. The molecule has 1 rings (SSSR count). The fourth-order valence-electron chi connectivity index (χ4n) is 0.580. The molecule has 12 heavy (non-hydrogen) atoms. The molecule has 0 unspecified atom stereocenters. The van der Waals surface area contributed by atoms with Gasteiger partial charge < -0.3 is 10.0 Å². The van der Waals surface area contributed by atoms with Gasteiger partial charge in [0.25, 0.3) is 0 Å². The van der Waals surface area contributed by atoms with E-state index < -0.39 is 0 Å². The van der Waals surface area contributed by atoms with Crippen LogP contribution in [0.5, 0.6) is 0 Å². The van der Waals surface area contributed by atoms with Gasteiger partial charge in [0.2, 0.25) is 0 Å². The summed E-state index contributed by atoms with van der Waals surface area (Å²) >= 11 is 5.56. The number of carbonyl (C=O) groups is 1. The van der Waals surface area contributed by atoms with Gasteiger partial charge in [-0.15, -0.1) is 0 Å². The summed E-state index contributed by atoms with van der Waals surface area (Å²) in [6, 6.07) is 6.80. The monoisotopic (exact) mass is 185 g/mol. The minimum Gasteiger partial charge on any atom is -0.429 e. The summed E-state index contributed by atoms with van der Waals surface area (Å²) in [5.41, 5.74) is 0.613. The molecule has 0 atom stereocenters. The SMILES string of the molecule is O=Cc1cccc(Cl)c1.O[B]O. The summed E-state index contributed by atoms with van der Waals surface area (Å²) in [6.45, 7) is 0. The summed E-state index contributed by atoms with van der Waals surface area (Å²) < 4.78 is 0. The predicted molar refractivity (Wildman–Crippen MR) is 47.0 cm³/mol. The van der Waals surface area contributed by atoms with E-state index in [1.54, 1.807) is 24.3 Å². The molecular weight excluding hydrogens is 178 g/mol. The van der Waals surface area contributed by atoms with Crippen molar-refractivity contribution >= 4 is 25.6 Å². The van der Waals surface area contributed by atoms with Gasteiger partial charge in [-0.3, -0.25) is 4.79 Å². The van der Waals surface area contributed by atoms with Gasteiger partial charge in [-0.25, -0.2) is 0 Å². The third kappa shape index (κ3) is 4.90. The Bertz CT molecular complexity index is 242. The Morgan fingerprint density at radius 3 is 2.33 bits per heavy atom. The summed E-state index contributed by atoms with van der Waals surface area (Å²) in [5, 5.41) is 14.6. The number of rotatable bonds is 1. The highest BCUT2D eigenvalue weighted by molar-refractivity contribution is 6.30. The van der Waals surface area contributed by atoms with E-state index in [4.69, 9.17) is 21.6 Å². The Morgan fingerprint density at radius 1 is 1.42 bits per heavy atom. The fraction of sp³-hybridized carbons (Fsp3) is 0. The van der Waals surface area contributed by atoms with E-state index >= 15 is 0 Å². The van der Waals surface area contributed by atoms with E-state index in [-0.39, 0.29) is 7.69 Å². The zero-order chi connectivity index (χ0) is 9.40. The van der Waals surface area contributed by atoms with Gasteiger partial charge in [0, 0.05) is 10.6 Å². The molecule has 63 valence electrons. The maximum Gasteiger partial charge on any atom is 0.482 e. The van der Waals surface area contributed by atoms with E-state index in [9.17, 15) is 4.79 Å². The average Bonchev–Trinajstić information content (AvgIpc) is 2.06. The van der Waals surface area contributed by atoms with Crippen molar-refractivity contribution in [2.24, 2.45) is 0 Å². The third-order valence-corrected chi connectivity index (χ3v) is 1.22. The zero-order valence-electron chi connectivity index (χ0n) is 6.14. The van der Waals surface area contributed by atoms with E-state index in [0.717, 1.165) is 6.29 Å². The van der Waals surface area contributed by atoms with Crippen LogP contribution < -0.4 is 0 Å². The van der Waals surface area contributed by atoms with Crippen molar-refractivity contribution in [3.05, 3.63) is 34.9 Å². The molecule has 2 N–H and O–H groups in total. The molecule has 0 amide bonds. The van der Waals surface area contributed by atoms with Crippen LogP contribution in [0.1, 0.15) is 10.4 Å². The summed E-state index contributed by atoms with van der Waals surface area (Å²) in [4.78, 5) is 10.1. The molecule has 0 bridgehead atoms. The van der Waals surface area contributed by atoms with Gasteiger partial charge in [0.1, 0.15) is 6.29 Å². The fourth-order valence-corrected chi connectivity index (χ4v) is 0.779. The standard InChI is InChI=1S/C7H5ClO.BH2O2/c8-7-3-1-2-6(4-7)5-9;2-1-3/h1-5H;2-3H. The molecule has 0 spiro atoms. The molecular formula is C7H7BClO3. The van der Waals surface area contributed by atoms with Crippen LogP contribution >= 0.6 is 11.6 Å². The average molecular weight is 185 g/mol. The molecule has 3 nitrogen and oxygen atoms in total. The number of benzene rings is 1. The van der Waals surface area contributed by atoms with Gasteiger partial charge >= 0.3 is 7.69 Å². The summed E-state index contributed by atoms with van der Waals surface area (Å²) in [5.74, 6) is 0. The van der Waals surface area contributed by atoms with Gasteiger partial charge in [0.05, 0.1) is 0 Å². The molecule has 1 aromatic carbocycles. The quantitative estimate of drug-likeness (QED) is 0.499. The van der Waals surface area contributed by atoms with Crippen LogP contribution in [0.15, 0.2) is 24.3 Å². The van der Waals surface area contributed by atoms with Gasteiger partial charge in [-0.2, -0.15) is 0 Å². The third-order valence-electron chi connectivity index (χ3n) is 0.985. The van der Waals surface area contributed by atoms with Gasteiger partial charge in [-0.1, -0.05) is 23.7 Å². The van der Waals surface area contributed by atoms with Crippen molar-refractivity contribution in [1.29, 1.82) is 0 Å². The first-order valence-electron chi connectivity index (χ1n) is 3.05. The van der Waals surface area contributed by atoms with Crippen LogP contribution in [0.25, 0.3) is 0 Å². The van der Waals surface area contributed by atoms with Crippen LogP contribution in [0, 0.1) is 0 Å². The number of carbonyl (C=O) groups excluding carboxylic acids is 1. The highest BCUT2D eigenvalue weighted by atomic mass is 35.5. The molecule has 0 aliphatic carbocycles. The second-order valence-corrected chi connectivity index (χ2v) is 2.22. The highest BCUT2D eigenvalue weighted by Crippen LogP contribution is 2.08. The Hall–Kier alpha value is -0.835. The molecule has 5 heteroatoms. The number of hydrogen-bond donors (Lipinski definition) is 2. The molecule has 0 aliphatic heterocycles. The molecule has 0 aliphatic rings.